The van der Waals surface area contributed by atoms with Crippen molar-refractivity contribution in [1.29, 1.82) is 0 Å². The number of nitrogens with one attached hydrogen (secondary N) is 3. The van der Waals surface area contributed by atoms with E-state index in [-0.39, 0.29) is 17.5 Å². The molecule has 7 heteroatoms. The lowest BCUT2D eigenvalue weighted by Crippen LogP contribution is -2.35. The highest BCUT2D eigenvalue weighted by atomic mass is 19.4. The first-order chi connectivity index (χ1) is 8.76. The zero-order valence-electron chi connectivity index (χ0n) is 10.4. The summed E-state index contributed by atoms with van der Waals surface area (Å²) in [5.74, 6) is -0.306. The highest BCUT2D eigenvalue weighted by Gasteiger charge is 2.65. The molecule has 1 heterocycles. The van der Waals surface area contributed by atoms with Gasteiger partial charge in [-0.15, -0.1) is 0 Å². The van der Waals surface area contributed by atoms with Crippen molar-refractivity contribution in [2.45, 2.75) is 31.7 Å². The van der Waals surface area contributed by atoms with Gasteiger partial charge < -0.3 is 5.32 Å². The lowest BCUT2D eigenvalue weighted by atomic mass is 10.0. The standard InChI is InChI=1S/C12H14F3N3O/c1-7(2)16-10(19)8-3-5-9(6-4-8)11(17-18-11)12(13,14)15/h3-7,17-18H,1-2H3,(H,16,19). The Bertz CT molecular complexity index is 478. The number of benzene rings is 1. The van der Waals surface area contributed by atoms with E-state index in [1.54, 1.807) is 0 Å². The summed E-state index contributed by atoms with van der Waals surface area (Å²) in [5.41, 5.74) is 2.40. The second-order valence-electron chi connectivity index (χ2n) is 4.70. The van der Waals surface area contributed by atoms with Crippen LogP contribution in [0.5, 0.6) is 0 Å². The Morgan fingerprint density at radius 3 is 2.11 bits per heavy atom. The first-order valence-corrected chi connectivity index (χ1v) is 5.79. The third-order valence-corrected chi connectivity index (χ3v) is 2.80. The highest BCUT2D eigenvalue weighted by molar-refractivity contribution is 5.94. The average molecular weight is 273 g/mol. The third-order valence-electron chi connectivity index (χ3n) is 2.80. The van der Waals surface area contributed by atoms with Crippen LogP contribution in [0.25, 0.3) is 0 Å². The summed E-state index contributed by atoms with van der Waals surface area (Å²) in [7, 11) is 0. The number of hydrazine groups is 1. The fraction of sp³-hybridized carbons (Fsp3) is 0.417. The topological polar surface area (TPSA) is 73.0 Å². The average Bonchev–Trinajstić information content (AvgIpc) is 3.08. The summed E-state index contributed by atoms with van der Waals surface area (Å²) < 4.78 is 38.4. The molecule has 104 valence electrons. The monoisotopic (exact) mass is 273 g/mol. The molecule has 1 amide bonds. The molecule has 2 rings (SSSR count). The molecule has 0 unspecified atom stereocenters. The molecular weight excluding hydrogens is 259 g/mol. The second-order valence-corrected chi connectivity index (χ2v) is 4.70. The predicted octanol–water partition coefficient (Wildman–Crippen LogP) is 1.65. The minimum Gasteiger partial charge on any atom is -0.350 e. The van der Waals surface area contributed by atoms with Crippen LogP contribution in [0.1, 0.15) is 29.8 Å². The molecule has 0 radical (unpaired) electrons. The van der Waals surface area contributed by atoms with Crippen LogP contribution in [-0.4, -0.2) is 18.1 Å². The van der Waals surface area contributed by atoms with Crippen molar-refractivity contribution in [1.82, 2.24) is 16.2 Å². The van der Waals surface area contributed by atoms with Gasteiger partial charge in [0.1, 0.15) is 0 Å². The highest BCUT2D eigenvalue weighted by Crippen LogP contribution is 2.41. The van der Waals surface area contributed by atoms with Crippen molar-refractivity contribution in [2.24, 2.45) is 0 Å². The van der Waals surface area contributed by atoms with Gasteiger partial charge in [0.25, 0.3) is 5.91 Å². The third kappa shape index (κ3) is 2.57. The summed E-state index contributed by atoms with van der Waals surface area (Å²) in [6.45, 7) is 3.62. The molecule has 1 saturated heterocycles. The normalized spacial score (nSPS) is 17.4. The van der Waals surface area contributed by atoms with E-state index < -0.39 is 11.8 Å². The Morgan fingerprint density at radius 2 is 1.74 bits per heavy atom. The Balaban J connectivity index is 2.18. The Kier molecular flexibility index (Phi) is 3.27. The van der Waals surface area contributed by atoms with Crippen molar-refractivity contribution in [3.63, 3.8) is 0 Å². The molecule has 0 aliphatic carbocycles. The van der Waals surface area contributed by atoms with Gasteiger partial charge in [0.15, 0.2) is 0 Å². The molecule has 0 aromatic heterocycles. The summed E-state index contributed by atoms with van der Waals surface area (Å²) in [5, 5.41) is 2.67. The number of rotatable bonds is 3. The summed E-state index contributed by atoms with van der Waals surface area (Å²) in [6, 6.07) is 5.30. The molecule has 0 spiro atoms. The van der Waals surface area contributed by atoms with Crippen molar-refractivity contribution in [2.75, 3.05) is 0 Å². The molecule has 0 saturated carbocycles. The Labute approximate surface area is 108 Å². The summed E-state index contributed by atoms with van der Waals surface area (Å²) in [4.78, 5) is 11.7. The minimum atomic E-state index is -4.44. The maximum absolute atomic E-state index is 12.8. The molecule has 1 aromatic rings. The van der Waals surface area contributed by atoms with Crippen LogP contribution < -0.4 is 16.2 Å². The smallest absolute Gasteiger partial charge is 0.350 e. The van der Waals surface area contributed by atoms with Gasteiger partial charge in [-0.3, -0.25) is 4.79 Å². The van der Waals surface area contributed by atoms with E-state index in [2.05, 4.69) is 16.2 Å². The van der Waals surface area contributed by atoms with E-state index in [1.807, 2.05) is 13.8 Å². The fourth-order valence-corrected chi connectivity index (χ4v) is 1.73. The summed E-state index contributed by atoms with van der Waals surface area (Å²) in [6.07, 6.45) is -4.44. The maximum Gasteiger partial charge on any atom is 0.426 e. The Hall–Kier alpha value is -1.60. The number of alkyl halides is 3. The molecule has 1 aliphatic heterocycles. The SMILES string of the molecule is CC(C)NC(=O)c1ccc(C2(C(F)(F)F)NN2)cc1. The molecule has 0 bridgehead atoms. The quantitative estimate of drug-likeness (QED) is 0.733. The van der Waals surface area contributed by atoms with Gasteiger partial charge >= 0.3 is 6.18 Å². The molecule has 1 aromatic carbocycles. The number of hydrogen-bond donors (Lipinski definition) is 3. The molecule has 1 aliphatic rings. The number of hydrogen-bond acceptors (Lipinski definition) is 3. The van der Waals surface area contributed by atoms with Crippen LogP contribution >= 0.6 is 0 Å². The van der Waals surface area contributed by atoms with E-state index >= 15 is 0 Å². The van der Waals surface area contributed by atoms with Crippen LogP contribution in [0.15, 0.2) is 24.3 Å². The van der Waals surface area contributed by atoms with Gasteiger partial charge in [-0.2, -0.15) is 13.2 Å². The molecule has 4 nitrogen and oxygen atoms in total. The summed E-state index contributed by atoms with van der Waals surface area (Å²) >= 11 is 0. The van der Waals surface area contributed by atoms with E-state index in [4.69, 9.17) is 0 Å². The van der Waals surface area contributed by atoms with Crippen LogP contribution in [-0.2, 0) is 5.66 Å². The Morgan fingerprint density at radius 1 is 1.21 bits per heavy atom. The van der Waals surface area contributed by atoms with Gasteiger partial charge in [-0.05, 0) is 31.5 Å². The maximum atomic E-state index is 12.8. The number of halogens is 3. The van der Waals surface area contributed by atoms with E-state index in [0.717, 1.165) is 0 Å². The van der Waals surface area contributed by atoms with Crippen LogP contribution in [0.4, 0.5) is 13.2 Å². The van der Waals surface area contributed by atoms with Gasteiger partial charge in [-0.25, -0.2) is 10.9 Å². The largest absolute Gasteiger partial charge is 0.426 e. The van der Waals surface area contributed by atoms with E-state index in [1.165, 1.54) is 24.3 Å². The zero-order chi connectivity index (χ0) is 14.3. The molecular formula is C12H14F3N3O. The first-order valence-electron chi connectivity index (χ1n) is 5.79. The van der Waals surface area contributed by atoms with Crippen LogP contribution in [0.3, 0.4) is 0 Å². The van der Waals surface area contributed by atoms with Crippen molar-refractivity contribution < 1.29 is 18.0 Å². The van der Waals surface area contributed by atoms with E-state index in [9.17, 15) is 18.0 Å². The van der Waals surface area contributed by atoms with Crippen LogP contribution in [0.2, 0.25) is 0 Å². The number of amides is 1. The first kappa shape index (κ1) is 13.8. The second kappa shape index (κ2) is 4.50. The van der Waals surface area contributed by atoms with Gasteiger partial charge in [0.2, 0.25) is 5.66 Å². The van der Waals surface area contributed by atoms with E-state index in [0.29, 0.717) is 5.56 Å². The lowest BCUT2D eigenvalue weighted by Gasteiger charge is -2.16. The minimum absolute atomic E-state index is 0.0274. The fourth-order valence-electron chi connectivity index (χ4n) is 1.73. The predicted molar refractivity (Wildman–Crippen MR) is 63.0 cm³/mol. The van der Waals surface area contributed by atoms with Crippen molar-refractivity contribution >= 4 is 5.91 Å². The van der Waals surface area contributed by atoms with Gasteiger partial charge in [-0.1, -0.05) is 12.1 Å². The number of carbonyl (C=O) groups is 1. The van der Waals surface area contributed by atoms with Crippen molar-refractivity contribution in [3.8, 4) is 0 Å². The van der Waals surface area contributed by atoms with Crippen LogP contribution in [0, 0.1) is 0 Å². The molecule has 1 fully saturated rings. The van der Waals surface area contributed by atoms with Gasteiger partial charge in [0, 0.05) is 11.6 Å². The zero-order valence-corrected chi connectivity index (χ0v) is 10.4. The van der Waals surface area contributed by atoms with Gasteiger partial charge in [0.05, 0.1) is 0 Å². The molecule has 19 heavy (non-hydrogen) atoms. The molecule has 3 N–H and O–H groups in total. The molecule has 0 atom stereocenters. The van der Waals surface area contributed by atoms with Crippen molar-refractivity contribution in [3.05, 3.63) is 35.4 Å². The number of carbonyl (C=O) groups excluding carboxylic acids is 1. The lowest BCUT2D eigenvalue weighted by molar-refractivity contribution is -0.165.